The highest BCUT2D eigenvalue weighted by Gasteiger charge is 2.15. The molecule has 1 fully saturated rings. The summed E-state index contributed by atoms with van der Waals surface area (Å²) < 4.78 is 5.33. The quantitative estimate of drug-likeness (QED) is 0.613. The summed E-state index contributed by atoms with van der Waals surface area (Å²) in [6, 6.07) is 8.06. The lowest BCUT2D eigenvalue weighted by atomic mass is 10.2. The van der Waals surface area contributed by atoms with E-state index in [0.717, 1.165) is 30.6 Å². The molecule has 0 aliphatic carbocycles. The van der Waals surface area contributed by atoms with Crippen LogP contribution in [0.25, 0.3) is 0 Å². The largest absolute Gasteiger partial charge is 0.399 e. The lowest BCUT2D eigenvalue weighted by Gasteiger charge is -2.06. The molecular weight excluding hydrogens is 194 g/mol. The van der Waals surface area contributed by atoms with Crippen molar-refractivity contribution < 1.29 is 4.74 Å². The monoisotopic (exact) mass is 209 g/mol. The van der Waals surface area contributed by atoms with Gasteiger partial charge in [-0.2, -0.15) is 0 Å². The van der Waals surface area contributed by atoms with Gasteiger partial charge >= 0.3 is 0 Å². The number of hydrogen-bond donors (Lipinski definition) is 1. The van der Waals surface area contributed by atoms with Gasteiger partial charge in [-0.1, -0.05) is 6.07 Å². The average molecular weight is 209 g/mol. The fourth-order valence-corrected chi connectivity index (χ4v) is 2.62. The number of thioether (sulfide) groups is 1. The molecule has 0 aromatic heterocycles. The number of benzene rings is 1. The van der Waals surface area contributed by atoms with Crippen LogP contribution in [0.5, 0.6) is 0 Å². The molecule has 1 saturated heterocycles. The molecule has 0 bridgehead atoms. The van der Waals surface area contributed by atoms with Gasteiger partial charge in [-0.3, -0.25) is 0 Å². The minimum Gasteiger partial charge on any atom is -0.399 e. The number of ether oxygens (including phenoxy) is 1. The van der Waals surface area contributed by atoms with Crippen molar-refractivity contribution in [3.05, 3.63) is 24.3 Å². The summed E-state index contributed by atoms with van der Waals surface area (Å²) in [5, 5.41) is 0. The Morgan fingerprint density at radius 2 is 2.43 bits per heavy atom. The highest BCUT2D eigenvalue weighted by Crippen LogP contribution is 2.25. The first-order valence-electron chi connectivity index (χ1n) is 4.90. The summed E-state index contributed by atoms with van der Waals surface area (Å²) in [6.45, 7) is 1.86. The SMILES string of the molecule is Nc1cccc(SCC2CCOC2)c1. The zero-order valence-corrected chi connectivity index (χ0v) is 8.93. The van der Waals surface area contributed by atoms with Crippen LogP contribution in [0, 0.1) is 5.92 Å². The summed E-state index contributed by atoms with van der Waals surface area (Å²) in [5.41, 5.74) is 6.55. The first-order valence-corrected chi connectivity index (χ1v) is 5.89. The molecule has 0 saturated carbocycles. The topological polar surface area (TPSA) is 35.2 Å². The predicted molar refractivity (Wildman–Crippen MR) is 60.5 cm³/mol. The number of rotatable bonds is 3. The third kappa shape index (κ3) is 2.66. The standard InChI is InChI=1S/C11H15NOS/c12-10-2-1-3-11(6-10)14-8-9-4-5-13-7-9/h1-3,6,9H,4-5,7-8,12H2. The summed E-state index contributed by atoms with van der Waals surface area (Å²) in [7, 11) is 0. The van der Waals surface area contributed by atoms with Gasteiger partial charge in [0.05, 0.1) is 6.61 Å². The lowest BCUT2D eigenvalue weighted by Crippen LogP contribution is -2.01. The maximum absolute atomic E-state index is 5.70. The number of nitrogens with two attached hydrogens (primary N) is 1. The Morgan fingerprint density at radius 3 is 3.14 bits per heavy atom. The average Bonchev–Trinajstić information content (AvgIpc) is 2.67. The molecule has 2 rings (SSSR count). The molecule has 1 aromatic carbocycles. The van der Waals surface area contributed by atoms with Gasteiger partial charge in [0.1, 0.15) is 0 Å². The van der Waals surface area contributed by atoms with Gasteiger partial charge in [0.2, 0.25) is 0 Å². The lowest BCUT2D eigenvalue weighted by molar-refractivity contribution is 0.189. The van der Waals surface area contributed by atoms with Gasteiger partial charge in [-0.05, 0) is 30.5 Å². The zero-order valence-electron chi connectivity index (χ0n) is 8.11. The van der Waals surface area contributed by atoms with E-state index in [1.165, 1.54) is 11.3 Å². The summed E-state index contributed by atoms with van der Waals surface area (Å²) >= 11 is 1.87. The molecule has 76 valence electrons. The summed E-state index contributed by atoms with van der Waals surface area (Å²) in [6.07, 6.45) is 1.20. The Bertz CT molecular complexity index is 297. The highest BCUT2D eigenvalue weighted by molar-refractivity contribution is 7.99. The molecule has 0 spiro atoms. The van der Waals surface area contributed by atoms with Crippen LogP contribution in [0.4, 0.5) is 5.69 Å². The number of hydrogen-bond acceptors (Lipinski definition) is 3. The van der Waals surface area contributed by atoms with Crippen LogP contribution in [-0.2, 0) is 4.74 Å². The maximum atomic E-state index is 5.70. The molecule has 1 atom stereocenters. The fraction of sp³-hybridized carbons (Fsp3) is 0.455. The van der Waals surface area contributed by atoms with E-state index in [2.05, 4.69) is 6.07 Å². The van der Waals surface area contributed by atoms with Crippen molar-refractivity contribution in [2.24, 2.45) is 5.92 Å². The molecular formula is C11H15NOS. The zero-order chi connectivity index (χ0) is 9.80. The van der Waals surface area contributed by atoms with Crippen LogP contribution in [0.1, 0.15) is 6.42 Å². The second-order valence-electron chi connectivity index (χ2n) is 3.61. The van der Waals surface area contributed by atoms with Gasteiger partial charge in [0.25, 0.3) is 0 Å². The van der Waals surface area contributed by atoms with Crippen LogP contribution in [0.15, 0.2) is 29.2 Å². The van der Waals surface area contributed by atoms with Gasteiger partial charge in [0.15, 0.2) is 0 Å². The molecule has 3 heteroatoms. The molecule has 0 amide bonds. The normalized spacial score (nSPS) is 21.3. The van der Waals surface area contributed by atoms with E-state index in [0.29, 0.717) is 0 Å². The number of nitrogen functional groups attached to an aromatic ring is 1. The van der Waals surface area contributed by atoms with Crippen molar-refractivity contribution in [1.29, 1.82) is 0 Å². The van der Waals surface area contributed by atoms with E-state index in [9.17, 15) is 0 Å². The summed E-state index contributed by atoms with van der Waals surface area (Å²) in [4.78, 5) is 1.26. The Labute approximate surface area is 88.8 Å². The van der Waals surface area contributed by atoms with Crippen LogP contribution < -0.4 is 5.73 Å². The van der Waals surface area contributed by atoms with Crippen LogP contribution in [-0.4, -0.2) is 19.0 Å². The third-order valence-electron chi connectivity index (χ3n) is 2.37. The third-order valence-corrected chi connectivity index (χ3v) is 3.59. The van der Waals surface area contributed by atoms with Crippen molar-refractivity contribution in [3.8, 4) is 0 Å². The van der Waals surface area contributed by atoms with Crippen molar-refractivity contribution in [2.75, 3.05) is 24.7 Å². The summed E-state index contributed by atoms with van der Waals surface area (Å²) in [5.74, 6) is 1.87. The molecule has 2 N–H and O–H groups in total. The van der Waals surface area contributed by atoms with E-state index in [4.69, 9.17) is 10.5 Å². The van der Waals surface area contributed by atoms with E-state index in [-0.39, 0.29) is 0 Å². The Hall–Kier alpha value is -0.670. The first kappa shape index (κ1) is 9.87. The molecule has 0 radical (unpaired) electrons. The van der Waals surface area contributed by atoms with Crippen molar-refractivity contribution >= 4 is 17.4 Å². The molecule has 1 aromatic rings. The van der Waals surface area contributed by atoms with E-state index < -0.39 is 0 Å². The molecule has 2 nitrogen and oxygen atoms in total. The van der Waals surface area contributed by atoms with Gasteiger partial charge in [-0.15, -0.1) is 11.8 Å². The van der Waals surface area contributed by atoms with E-state index in [1.807, 2.05) is 30.0 Å². The van der Waals surface area contributed by atoms with Crippen LogP contribution in [0.2, 0.25) is 0 Å². The molecule has 1 unspecified atom stereocenters. The second kappa shape index (κ2) is 4.71. The van der Waals surface area contributed by atoms with E-state index in [1.54, 1.807) is 0 Å². The Morgan fingerprint density at radius 1 is 1.50 bits per heavy atom. The molecule has 1 heterocycles. The predicted octanol–water partition coefficient (Wildman–Crippen LogP) is 2.40. The van der Waals surface area contributed by atoms with Crippen LogP contribution in [0.3, 0.4) is 0 Å². The van der Waals surface area contributed by atoms with Gasteiger partial charge < -0.3 is 10.5 Å². The van der Waals surface area contributed by atoms with Crippen molar-refractivity contribution in [2.45, 2.75) is 11.3 Å². The number of anilines is 1. The Kier molecular flexibility index (Phi) is 3.32. The van der Waals surface area contributed by atoms with Crippen molar-refractivity contribution in [1.82, 2.24) is 0 Å². The first-order chi connectivity index (χ1) is 6.84. The minimum atomic E-state index is 0.724. The van der Waals surface area contributed by atoms with Gasteiger partial charge in [-0.25, -0.2) is 0 Å². The van der Waals surface area contributed by atoms with Crippen molar-refractivity contribution in [3.63, 3.8) is 0 Å². The smallest absolute Gasteiger partial charge is 0.0503 e. The van der Waals surface area contributed by atoms with Crippen LogP contribution >= 0.6 is 11.8 Å². The minimum absolute atomic E-state index is 0.724. The van der Waals surface area contributed by atoms with Gasteiger partial charge in [0, 0.05) is 22.9 Å². The molecule has 1 aliphatic heterocycles. The fourth-order valence-electron chi connectivity index (χ4n) is 1.53. The maximum Gasteiger partial charge on any atom is 0.0503 e. The van der Waals surface area contributed by atoms with E-state index >= 15 is 0 Å². The Balaban J connectivity index is 1.85. The highest BCUT2D eigenvalue weighted by atomic mass is 32.2. The molecule has 14 heavy (non-hydrogen) atoms. The molecule has 1 aliphatic rings. The second-order valence-corrected chi connectivity index (χ2v) is 4.71.